The van der Waals surface area contributed by atoms with Gasteiger partial charge >= 0.3 is 6.09 Å². The quantitative estimate of drug-likeness (QED) is 0.508. The van der Waals surface area contributed by atoms with E-state index in [1.54, 1.807) is 54.6 Å². The lowest BCUT2D eigenvalue weighted by Gasteiger charge is -2.24. The Morgan fingerprint density at radius 1 is 1.03 bits per heavy atom. The second kappa shape index (κ2) is 8.16. The number of benzene rings is 3. The first-order valence-electron chi connectivity index (χ1n) is 9.21. The maximum absolute atomic E-state index is 13.8. The Balaban J connectivity index is 1.64. The molecular weight excluding hydrogens is 409 g/mol. The highest BCUT2D eigenvalue weighted by atomic mass is 35.5. The van der Waals surface area contributed by atoms with E-state index in [1.807, 2.05) is 0 Å². The molecular formula is C23H17ClFNO4. The molecule has 0 unspecified atom stereocenters. The molecule has 0 saturated carbocycles. The van der Waals surface area contributed by atoms with Gasteiger partial charge in [0.15, 0.2) is 11.9 Å². The molecule has 0 radical (unpaired) electrons. The predicted octanol–water partition coefficient (Wildman–Crippen LogP) is 5.93. The van der Waals surface area contributed by atoms with E-state index < -0.39 is 24.1 Å². The second-order valence-electron chi connectivity index (χ2n) is 6.83. The first-order chi connectivity index (χ1) is 14.4. The van der Waals surface area contributed by atoms with Crippen molar-refractivity contribution in [2.45, 2.75) is 19.1 Å². The van der Waals surface area contributed by atoms with Gasteiger partial charge in [-0.05, 0) is 73.2 Å². The van der Waals surface area contributed by atoms with E-state index in [-0.39, 0.29) is 5.78 Å². The van der Waals surface area contributed by atoms with Gasteiger partial charge < -0.3 is 9.47 Å². The molecule has 2 atom stereocenters. The van der Waals surface area contributed by atoms with Crippen molar-refractivity contribution in [2.75, 3.05) is 4.90 Å². The Labute approximate surface area is 177 Å². The predicted molar refractivity (Wildman–Crippen MR) is 111 cm³/mol. The summed E-state index contributed by atoms with van der Waals surface area (Å²) in [6.07, 6.45) is -1.69. The van der Waals surface area contributed by atoms with Crippen LogP contribution in [0.2, 0.25) is 5.02 Å². The van der Waals surface area contributed by atoms with Crippen molar-refractivity contribution in [2.24, 2.45) is 0 Å². The first kappa shape index (κ1) is 19.9. The third-order valence-electron chi connectivity index (χ3n) is 4.74. The van der Waals surface area contributed by atoms with Gasteiger partial charge in [0.1, 0.15) is 23.4 Å². The van der Waals surface area contributed by atoms with Gasteiger partial charge in [-0.1, -0.05) is 23.7 Å². The average molecular weight is 426 g/mol. The lowest BCUT2D eigenvalue weighted by atomic mass is 9.98. The van der Waals surface area contributed by atoms with Crippen molar-refractivity contribution in [3.63, 3.8) is 0 Å². The number of ketones is 1. The van der Waals surface area contributed by atoms with E-state index in [0.29, 0.717) is 27.8 Å². The van der Waals surface area contributed by atoms with Crippen LogP contribution in [0.15, 0.2) is 72.8 Å². The molecule has 1 heterocycles. The highest BCUT2D eigenvalue weighted by Crippen LogP contribution is 2.38. The molecule has 1 aliphatic rings. The van der Waals surface area contributed by atoms with Crippen LogP contribution in [-0.2, 0) is 9.53 Å². The zero-order valence-corrected chi connectivity index (χ0v) is 16.7. The Morgan fingerprint density at radius 2 is 1.67 bits per heavy atom. The fourth-order valence-corrected chi connectivity index (χ4v) is 3.50. The number of anilines is 1. The summed E-state index contributed by atoms with van der Waals surface area (Å²) in [5.41, 5.74) is 0.976. The molecule has 1 aliphatic heterocycles. The number of amides is 1. The first-order valence-corrected chi connectivity index (χ1v) is 9.59. The molecule has 3 aromatic rings. The van der Waals surface area contributed by atoms with Crippen molar-refractivity contribution < 1.29 is 23.5 Å². The molecule has 30 heavy (non-hydrogen) atoms. The SMILES string of the molecule is CC(=O)[C@@H]1OC(=O)N(c2ccc(Oc3ccc(Cl)cc3)cc2)[C@H]1c1cccc(F)c1. The van der Waals surface area contributed by atoms with Gasteiger partial charge in [-0.2, -0.15) is 0 Å². The van der Waals surface area contributed by atoms with Gasteiger partial charge in [-0.15, -0.1) is 0 Å². The molecule has 1 fully saturated rings. The molecule has 5 nitrogen and oxygen atoms in total. The fourth-order valence-electron chi connectivity index (χ4n) is 3.38. The minimum absolute atomic E-state index is 0.317. The topological polar surface area (TPSA) is 55.8 Å². The fraction of sp³-hybridized carbons (Fsp3) is 0.130. The molecule has 7 heteroatoms. The van der Waals surface area contributed by atoms with E-state index in [4.69, 9.17) is 21.1 Å². The zero-order valence-electron chi connectivity index (χ0n) is 15.9. The van der Waals surface area contributed by atoms with E-state index in [0.717, 1.165) is 0 Å². The van der Waals surface area contributed by atoms with Gasteiger partial charge in [0.25, 0.3) is 0 Å². The normalized spacial score (nSPS) is 18.2. The number of rotatable bonds is 5. The summed E-state index contributed by atoms with van der Waals surface area (Å²) in [6.45, 7) is 1.34. The number of carbonyl (C=O) groups is 2. The highest BCUT2D eigenvalue weighted by Gasteiger charge is 2.46. The molecule has 0 aromatic heterocycles. The van der Waals surface area contributed by atoms with Crippen LogP contribution in [0.1, 0.15) is 18.5 Å². The molecule has 3 aromatic carbocycles. The standard InChI is InChI=1S/C23H17ClFNO4/c1-14(27)22-21(15-3-2-4-17(25)13-15)26(23(28)30-22)18-7-11-20(12-8-18)29-19-9-5-16(24)6-10-19/h2-13,21-22H,1H3/t21-,22-/m0/s1. The van der Waals surface area contributed by atoms with E-state index >= 15 is 0 Å². The smallest absolute Gasteiger partial charge is 0.415 e. The summed E-state index contributed by atoms with van der Waals surface area (Å²) < 4.78 is 24.9. The molecule has 152 valence electrons. The van der Waals surface area contributed by atoms with Gasteiger partial charge in [0, 0.05) is 10.7 Å². The molecule has 1 amide bonds. The van der Waals surface area contributed by atoms with E-state index in [2.05, 4.69) is 0 Å². The van der Waals surface area contributed by atoms with Crippen molar-refractivity contribution >= 4 is 29.2 Å². The van der Waals surface area contributed by atoms with Crippen LogP contribution in [0.3, 0.4) is 0 Å². The number of nitrogens with zero attached hydrogens (tertiary/aromatic N) is 1. The Kier molecular flexibility index (Phi) is 5.42. The summed E-state index contributed by atoms with van der Waals surface area (Å²) in [4.78, 5) is 26.0. The summed E-state index contributed by atoms with van der Waals surface area (Å²) in [7, 11) is 0. The number of hydrogen-bond donors (Lipinski definition) is 0. The van der Waals surface area contributed by atoms with E-state index in [9.17, 15) is 14.0 Å². The number of halogens is 2. The van der Waals surface area contributed by atoms with Crippen LogP contribution in [0, 0.1) is 5.82 Å². The van der Waals surface area contributed by atoms with Crippen LogP contribution in [0.25, 0.3) is 0 Å². The molecule has 1 saturated heterocycles. The highest BCUT2D eigenvalue weighted by molar-refractivity contribution is 6.30. The van der Waals surface area contributed by atoms with E-state index in [1.165, 1.54) is 30.0 Å². The van der Waals surface area contributed by atoms with Gasteiger partial charge in [-0.25, -0.2) is 9.18 Å². The average Bonchev–Trinajstić information content (AvgIpc) is 3.08. The number of Topliss-reactive ketones (excluding diaryl/α,β-unsaturated/α-hetero) is 1. The maximum atomic E-state index is 13.8. The van der Waals surface area contributed by atoms with Gasteiger partial charge in [0.2, 0.25) is 0 Å². The molecule has 0 bridgehead atoms. The van der Waals surface area contributed by atoms with Crippen LogP contribution in [0.5, 0.6) is 11.5 Å². The summed E-state index contributed by atoms with van der Waals surface area (Å²) in [5.74, 6) is 0.393. The van der Waals surface area contributed by atoms with Crippen LogP contribution < -0.4 is 9.64 Å². The van der Waals surface area contributed by atoms with Crippen molar-refractivity contribution in [3.05, 3.63) is 89.2 Å². The number of carbonyl (C=O) groups excluding carboxylic acids is 2. The van der Waals surface area contributed by atoms with Crippen molar-refractivity contribution in [3.8, 4) is 11.5 Å². The summed E-state index contributed by atoms with van der Waals surface area (Å²) >= 11 is 5.88. The van der Waals surface area contributed by atoms with Crippen LogP contribution in [0.4, 0.5) is 14.9 Å². The minimum Gasteiger partial charge on any atom is -0.457 e. The van der Waals surface area contributed by atoms with Crippen LogP contribution >= 0.6 is 11.6 Å². The monoisotopic (exact) mass is 425 g/mol. The summed E-state index contributed by atoms with van der Waals surface area (Å²) in [6, 6.07) is 18.7. The minimum atomic E-state index is -1.02. The number of cyclic esters (lactones) is 1. The maximum Gasteiger partial charge on any atom is 0.415 e. The van der Waals surface area contributed by atoms with Gasteiger partial charge in [0.05, 0.1) is 0 Å². The molecule has 0 N–H and O–H groups in total. The third-order valence-corrected chi connectivity index (χ3v) is 5.00. The van der Waals surface area contributed by atoms with Crippen molar-refractivity contribution in [1.82, 2.24) is 0 Å². The zero-order chi connectivity index (χ0) is 21.3. The molecule has 0 aliphatic carbocycles. The Hall–Kier alpha value is -3.38. The Morgan fingerprint density at radius 3 is 2.27 bits per heavy atom. The summed E-state index contributed by atoms with van der Waals surface area (Å²) in [5, 5.41) is 0.605. The lowest BCUT2D eigenvalue weighted by Crippen LogP contribution is -2.32. The largest absolute Gasteiger partial charge is 0.457 e. The number of ether oxygens (including phenoxy) is 2. The number of hydrogen-bond acceptors (Lipinski definition) is 4. The van der Waals surface area contributed by atoms with Gasteiger partial charge in [-0.3, -0.25) is 9.69 Å². The second-order valence-corrected chi connectivity index (χ2v) is 7.27. The third kappa shape index (κ3) is 4.00. The lowest BCUT2D eigenvalue weighted by molar-refractivity contribution is -0.124. The van der Waals surface area contributed by atoms with Crippen LogP contribution in [-0.4, -0.2) is 18.0 Å². The molecule has 4 rings (SSSR count). The molecule has 0 spiro atoms. The Bertz CT molecular complexity index is 1090. The van der Waals surface area contributed by atoms with Crippen molar-refractivity contribution in [1.29, 1.82) is 0 Å².